The summed E-state index contributed by atoms with van der Waals surface area (Å²) in [6, 6.07) is 8.70. The number of aryl methyl sites for hydroxylation is 1. The van der Waals surface area contributed by atoms with E-state index in [0.717, 1.165) is 30.8 Å². The maximum Gasteiger partial charge on any atom is 0.0445 e. The molecule has 1 atom stereocenters. The highest BCUT2D eigenvalue weighted by atomic mass is 35.5. The molecule has 106 valence electrons. The van der Waals surface area contributed by atoms with E-state index in [2.05, 4.69) is 17.0 Å². The van der Waals surface area contributed by atoms with Gasteiger partial charge >= 0.3 is 0 Å². The summed E-state index contributed by atoms with van der Waals surface area (Å²) < 4.78 is 0. The van der Waals surface area contributed by atoms with Gasteiger partial charge in [0.1, 0.15) is 0 Å². The predicted molar refractivity (Wildman–Crippen MR) is 80.7 cm³/mol. The highest BCUT2D eigenvalue weighted by Gasteiger charge is 2.21. The van der Waals surface area contributed by atoms with Crippen LogP contribution in [0.5, 0.6) is 0 Å². The average molecular weight is 282 g/mol. The molecule has 1 heterocycles. The van der Waals surface area contributed by atoms with Crippen LogP contribution in [0.25, 0.3) is 0 Å². The Morgan fingerprint density at radius 3 is 2.89 bits per heavy atom. The summed E-state index contributed by atoms with van der Waals surface area (Å²) in [5.74, 6) is 0. The summed E-state index contributed by atoms with van der Waals surface area (Å²) >= 11 is 6.18. The first-order valence-electron chi connectivity index (χ1n) is 7.39. The van der Waals surface area contributed by atoms with Crippen molar-refractivity contribution in [1.29, 1.82) is 0 Å². The zero-order valence-corrected chi connectivity index (χ0v) is 12.3. The number of rotatable bonds is 6. The van der Waals surface area contributed by atoms with Gasteiger partial charge in [-0.1, -0.05) is 36.2 Å². The molecule has 0 aromatic heterocycles. The fourth-order valence-electron chi connectivity index (χ4n) is 3.00. The van der Waals surface area contributed by atoms with Gasteiger partial charge in [0.2, 0.25) is 0 Å². The van der Waals surface area contributed by atoms with Crippen molar-refractivity contribution in [2.45, 2.75) is 44.6 Å². The maximum absolute atomic E-state index is 9.13. The summed E-state index contributed by atoms with van der Waals surface area (Å²) in [5.41, 5.74) is 1.25. The molecule has 0 saturated carbocycles. The quantitative estimate of drug-likeness (QED) is 0.863. The van der Waals surface area contributed by atoms with Gasteiger partial charge < -0.3 is 10.0 Å². The molecule has 1 saturated heterocycles. The van der Waals surface area contributed by atoms with Crippen LogP contribution < -0.4 is 0 Å². The van der Waals surface area contributed by atoms with E-state index < -0.39 is 0 Å². The average Bonchev–Trinajstić information content (AvgIpc) is 2.43. The normalized spacial score (nSPS) is 20.6. The van der Waals surface area contributed by atoms with E-state index in [1.165, 1.54) is 31.4 Å². The number of benzene rings is 1. The number of halogens is 1. The first-order valence-corrected chi connectivity index (χ1v) is 7.77. The molecule has 1 aromatic rings. The van der Waals surface area contributed by atoms with E-state index in [-0.39, 0.29) is 0 Å². The summed E-state index contributed by atoms with van der Waals surface area (Å²) in [6.07, 6.45) is 6.96. The van der Waals surface area contributed by atoms with Gasteiger partial charge in [0, 0.05) is 17.7 Å². The van der Waals surface area contributed by atoms with Crippen molar-refractivity contribution in [2.24, 2.45) is 0 Å². The molecule has 3 heteroatoms. The van der Waals surface area contributed by atoms with Crippen molar-refractivity contribution >= 4 is 11.6 Å². The van der Waals surface area contributed by atoms with Crippen LogP contribution in [-0.2, 0) is 6.42 Å². The smallest absolute Gasteiger partial charge is 0.0445 e. The Morgan fingerprint density at radius 1 is 1.26 bits per heavy atom. The zero-order valence-electron chi connectivity index (χ0n) is 11.5. The van der Waals surface area contributed by atoms with Crippen LogP contribution in [0.2, 0.25) is 5.02 Å². The number of aliphatic hydroxyl groups is 1. The minimum Gasteiger partial charge on any atom is -0.396 e. The number of piperidine rings is 1. The third-order valence-electron chi connectivity index (χ3n) is 4.06. The minimum absolute atomic E-state index is 0.311. The fourth-order valence-corrected chi connectivity index (χ4v) is 3.23. The molecule has 0 spiro atoms. The maximum atomic E-state index is 9.13. The van der Waals surface area contributed by atoms with Crippen LogP contribution in [0.3, 0.4) is 0 Å². The summed E-state index contributed by atoms with van der Waals surface area (Å²) in [6.45, 7) is 2.62. The molecule has 0 aliphatic carbocycles. The van der Waals surface area contributed by atoms with Crippen molar-refractivity contribution in [1.82, 2.24) is 4.90 Å². The van der Waals surface area contributed by atoms with Gasteiger partial charge in [-0.2, -0.15) is 0 Å². The number of nitrogens with zero attached hydrogens (tertiary/aromatic N) is 1. The highest BCUT2D eigenvalue weighted by molar-refractivity contribution is 6.31. The van der Waals surface area contributed by atoms with Gasteiger partial charge in [-0.3, -0.25) is 0 Å². The van der Waals surface area contributed by atoms with Crippen LogP contribution in [0.15, 0.2) is 24.3 Å². The predicted octanol–water partition coefficient (Wildman–Crippen LogP) is 3.51. The molecule has 2 rings (SSSR count). The molecule has 1 N–H and O–H groups in total. The van der Waals surface area contributed by atoms with Crippen LogP contribution in [0, 0.1) is 0 Å². The van der Waals surface area contributed by atoms with Gasteiger partial charge in [0.05, 0.1) is 0 Å². The van der Waals surface area contributed by atoms with Crippen molar-refractivity contribution in [3.63, 3.8) is 0 Å². The van der Waals surface area contributed by atoms with Crippen molar-refractivity contribution in [3.05, 3.63) is 34.9 Å². The van der Waals surface area contributed by atoms with Gasteiger partial charge in [-0.05, 0) is 56.8 Å². The number of likely N-dealkylation sites (tertiary alicyclic amines) is 1. The molecule has 0 unspecified atom stereocenters. The SMILES string of the molecule is OCC[C@H]1CCCCN1CCCc1ccccc1Cl. The second-order valence-corrected chi connectivity index (χ2v) is 5.80. The van der Waals surface area contributed by atoms with Crippen LogP contribution in [-0.4, -0.2) is 35.7 Å². The monoisotopic (exact) mass is 281 g/mol. The first kappa shape index (κ1) is 14.8. The number of aliphatic hydroxyl groups excluding tert-OH is 1. The van der Waals surface area contributed by atoms with Crippen molar-refractivity contribution in [3.8, 4) is 0 Å². The summed E-state index contributed by atoms with van der Waals surface area (Å²) in [4.78, 5) is 2.55. The van der Waals surface area contributed by atoms with Crippen LogP contribution in [0.1, 0.15) is 37.7 Å². The van der Waals surface area contributed by atoms with E-state index in [1.54, 1.807) is 0 Å². The lowest BCUT2D eigenvalue weighted by Gasteiger charge is -2.35. The Balaban J connectivity index is 1.79. The van der Waals surface area contributed by atoms with E-state index in [1.807, 2.05) is 12.1 Å². The van der Waals surface area contributed by atoms with Gasteiger partial charge in [-0.25, -0.2) is 0 Å². The molecule has 1 fully saturated rings. The Kier molecular flexibility index (Phi) is 6.15. The summed E-state index contributed by atoms with van der Waals surface area (Å²) in [7, 11) is 0. The fraction of sp³-hybridized carbons (Fsp3) is 0.625. The first-order chi connectivity index (χ1) is 9.31. The third-order valence-corrected chi connectivity index (χ3v) is 4.43. The molecule has 1 aromatic carbocycles. The largest absolute Gasteiger partial charge is 0.396 e. The Labute approximate surface area is 121 Å². The van der Waals surface area contributed by atoms with E-state index in [4.69, 9.17) is 16.7 Å². The standard InChI is InChI=1S/C16H24ClNO/c17-16-9-2-1-6-14(16)7-5-12-18-11-4-3-8-15(18)10-13-19/h1-2,6,9,15,19H,3-5,7-8,10-13H2/t15-/m1/s1. The number of hydrogen-bond donors (Lipinski definition) is 1. The van der Waals surface area contributed by atoms with E-state index >= 15 is 0 Å². The molecule has 2 nitrogen and oxygen atoms in total. The minimum atomic E-state index is 0.311. The van der Waals surface area contributed by atoms with Crippen LogP contribution >= 0.6 is 11.6 Å². The molecule has 19 heavy (non-hydrogen) atoms. The second-order valence-electron chi connectivity index (χ2n) is 5.39. The van der Waals surface area contributed by atoms with Gasteiger partial charge in [0.25, 0.3) is 0 Å². The second kappa shape index (κ2) is 7.88. The van der Waals surface area contributed by atoms with Gasteiger partial charge in [-0.15, -0.1) is 0 Å². The molecule has 0 radical (unpaired) electrons. The molecule has 0 amide bonds. The van der Waals surface area contributed by atoms with Crippen LogP contribution in [0.4, 0.5) is 0 Å². The Morgan fingerprint density at radius 2 is 2.11 bits per heavy atom. The van der Waals surface area contributed by atoms with E-state index in [0.29, 0.717) is 12.6 Å². The third kappa shape index (κ3) is 4.48. The van der Waals surface area contributed by atoms with E-state index in [9.17, 15) is 0 Å². The van der Waals surface area contributed by atoms with Gasteiger partial charge in [0.15, 0.2) is 0 Å². The lowest BCUT2D eigenvalue weighted by molar-refractivity contribution is 0.118. The lowest BCUT2D eigenvalue weighted by Crippen LogP contribution is -2.40. The zero-order chi connectivity index (χ0) is 13.5. The number of hydrogen-bond acceptors (Lipinski definition) is 2. The molecular formula is C16H24ClNO. The Hall–Kier alpha value is -0.570. The lowest BCUT2D eigenvalue weighted by atomic mass is 9.99. The molecule has 1 aliphatic rings. The van der Waals surface area contributed by atoms with Crippen molar-refractivity contribution < 1.29 is 5.11 Å². The topological polar surface area (TPSA) is 23.5 Å². The highest BCUT2D eigenvalue weighted by Crippen LogP contribution is 2.21. The molecule has 0 bridgehead atoms. The molecular weight excluding hydrogens is 258 g/mol. The molecule has 1 aliphatic heterocycles. The van der Waals surface area contributed by atoms with Crippen molar-refractivity contribution in [2.75, 3.05) is 19.7 Å². The summed E-state index contributed by atoms with van der Waals surface area (Å²) in [5, 5.41) is 10.0. The Bertz CT molecular complexity index is 381.